The Morgan fingerprint density at radius 3 is 1.91 bits per heavy atom. The predicted molar refractivity (Wildman–Crippen MR) is 145 cm³/mol. The number of ether oxygens (including phenoxy) is 1. The standard InChI is InChI=1S/C32H50O/c1-30(2,3)21-28(18-23-12-10-11-13-23)33-27-17-16-24-19-26(15-14-25(24)20-27)29(32(7,8)9)22-31(4,5)6/h14-17,19-20,23,28-29H,10-13,18,21-22H2,1-9H3. The van der Waals surface area contributed by atoms with E-state index in [-0.39, 0.29) is 10.8 Å². The second kappa shape index (κ2) is 10.0. The summed E-state index contributed by atoms with van der Waals surface area (Å²) >= 11 is 0. The average Bonchev–Trinajstić information content (AvgIpc) is 3.16. The molecule has 0 bridgehead atoms. The highest BCUT2D eigenvalue weighted by Gasteiger charge is 2.30. The van der Waals surface area contributed by atoms with E-state index in [1.807, 2.05) is 0 Å². The fourth-order valence-electron chi connectivity index (χ4n) is 5.74. The van der Waals surface area contributed by atoms with Crippen LogP contribution in [0.5, 0.6) is 5.75 Å². The molecule has 0 spiro atoms. The number of benzene rings is 2. The van der Waals surface area contributed by atoms with E-state index in [9.17, 15) is 0 Å². The van der Waals surface area contributed by atoms with Gasteiger partial charge in [0.2, 0.25) is 0 Å². The van der Waals surface area contributed by atoms with Crippen molar-refractivity contribution in [3.63, 3.8) is 0 Å². The van der Waals surface area contributed by atoms with Gasteiger partial charge < -0.3 is 4.74 Å². The molecule has 184 valence electrons. The topological polar surface area (TPSA) is 9.23 Å². The van der Waals surface area contributed by atoms with Crippen molar-refractivity contribution in [2.75, 3.05) is 0 Å². The molecule has 0 saturated heterocycles. The van der Waals surface area contributed by atoms with Crippen LogP contribution in [0.2, 0.25) is 0 Å². The minimum atomic E-state index is 0.241. The maximum atomic E-state index is 6.66. The fourth-order valence-corrected chi connectivity index (χ4v) is 5.74. The normalized spacial score (nSPS) is 18.0. The highest BCUT2D eigenvalue weighted by molar-refractivity contribution is 5.84. The molecule has 1 aliphatic rings. The Hall–Kier alpha value is -1.50. The van der Waals surface area contributed by atoms with Crippen molar-refractivity contribution in [3.05, 3.63) is 42.0 Å². The quantitative estimate of drug-likeness (QED) is 0.407. The van der Waals surface area contributed by atoms with Crippen molar-refractivity contribution in [1.82, 2.24) is 0 Å². The van der Waals surface area contributed by atoms with Gasteiger partial charge in [-0.15, -0.1) is 0 Å². The minimum Gasteiger partial charge on any atom is -0.490 e. The van der Waals surface area contributed by atoms with Gasteiger partial charge in [0.05, 0.1) is 6.10 Å². The zero-order valence-corrected chi connectivity index (χ0v) is 23.1. The third-order valence-corrected chi connectivity index (χ3v) is 7.31. The smallest absolute Gasteiger partial charge is 0.120 e. The third-order valence-electron chi connectivity index (χ3n) is 7.31. The molecule has 33 heavy (non-hydrogen) atoms. The second-order valence-corrected chi connectivity index (χ2v) is 14.3. The van der Waals surface area contributed by atoms with Crippen LogP contribution in [0, 0.1) is 22.2 Å². The molecule has 1 saturated carbocycles. The molecule has 0 amide bonds. The summed E-state index contributed by atoms with van der Waals surface area (Å²) in [5, 5.41) is 2.61. The van der Waals surface area contributed by atoms with E-state index >= 15 is 0 Å². The second-order valence-electron chi connectivity index (χ2n) is 14.3. The van der Waals surface area contributed by atoms with Gasteiger partial charge in [-0.25, -0.2) is 0 Å². The Balaban J connectivity index is 1.82. The molecule has 0 aliphatic heterocycles. The molecule has 2 atom stereocenters. The molecule has 0 N–H and O–H groups in total. The first-order valence-electron chi connectivity index (χ1n) is 13.4. The molecule has 0 radical (unpaired) electrons. The van der Waals surface area contributed by atoms with Crippen LogP contribution in [-0.2, 0) is 0 Å². The van der Waals surface area contributed by atoms with E-state index in [0.717, 1.165) is 18.1 Å². The Labute approximate surface area is 204 Å². The van der Waals surface area contributed by atoms with Crippen LogP contribution in [0.4, 0.5) is 0 Å². The van der Waals surface area contributed by atoms with Crippen LogP contribution >= 0.6 is 0 Å². The summed E-state index contributed by atoms with van der Waals surface area (Å²) in [5.41, 5.74) is 2.30. The third kappa shape index (κ3) is 8.04. The van der Waals surface area contributed by atoms with Gasteiger partial charge in [0.15, 0.2) is 0 Å². The Kier molecular flexibility index (Phi) is 7.92. The number of hydrogen-bond donors (Lipinski definition) is 0. The van der Waals surface area contributed by atoms with Gasteiger partial charge in [0, 0.05) is 0 Å². The first kappa shape index (κ1) is 26.1. The molecule has 2 aromatic rings. The molecule has 0 aromatic heterocycles. The van der Waals surface area contributed by atoms with E-state index in [1.54, 1.807) is 0 Å². The van der Waals surface area contributed by atoms with E-state index in [4.69, 9.17) is 4.74 Å². The summed E-state index contributed by atoms with van der Waals surface area (Å²) in [7, 11) is 0. The van der Waals surface area contributed by atoms with Crippen molar-refractivity contribution in [1.29, 1.82) is 0 Å². The van der Waals surface area contributed by atoms with Crippen molar-refractivity contribution in [2.45, 2.75) is 119 Å². The Morgan fingerprint density at radius 1 is 0.758 bits per heavy atom. The van der Waals surface area contributed by atoms with Crippen molar-refractivity contribution in [2.24, 2.45) is 22.2 Å². The average molecular weight is 451 g/mol. The fraction of sp³-hybridized carbons (Fsp3) is 0.688. The number of hydrogen-bond acceptors (Lipinski definition) is 1. The molecule has 1 nitrogen and oxygen atoms in total. The van der Waals surface area contributed by atoms with Crippen molar-refractivity contribution in [3.8, 4) is 5.75 Å². The van der Waals surface area contributed by atoms with Gasteiger partial charge in [-0.1, -0.05) is 112 Å². The molecule has 0 heterocycles. The molecule has 1 fully saturated rings. The summed E-state index contributed by atoms with van der Waals surface area (Å²) in [6.45, 7) is 21.2. The van der Waals surface area contributed by atoms with Gasteiger partial charge in [0.1, 0.15) is 5.75 Å². The summed E-state index contributed by atoms with van der Waals surface area (Å²) in [6.07, 6.45) is 9.38. The zero-order valence-electron chi connectivity index (χ0n) is 23.1. The van der Waals surface area contributed by atoms with Crippen LogP contribution in [-0.4, -0.2) is 6.10 Å². The lowest BCUT2D eigenvalue weighted by molar-refractivity contribution is 0.119. The van der Waals surface area contributed by atoms with E-state index in [0.29, 0.717) is 17.4 Å². The van der Waals surface area contributed by atoms with Gasteiger partial charge >= 0.3 is 0 Å². The number of fused-ring (bicyclic) bond motifs is 1. The van der Waals surface area contributed by atoms with Gasteiger partial charge in [-0.05, 0) is 75.8 Å². The van der Waals surface area contributed by atoms with Crippen LogP contribution in [0.15, 0.2) is 36.4 Å². The SMILES string of the molecule is CC(C)(C)CC(CC1CCCC1)Oc1ccc2cc(C(CC(C)(C)C)C(C)(C)C)ccc2c1. The molecule has 3 rings (SSSR count). The molecular weight excluding hydrogens is 400 g/mol. The Bertz CT molecular complexity index is 897. The molecular formula is C32H50O. The van der Waals surface area contributed by atoms with Crippen LogP contribution in [0.1, 0.15) is 119 Å². The van der Waals surface area contributed by atoms with Crippen LogP contribution in [0.3, 0.4) is 0 Å². The van der Waals surface area contributed by atoms with Gasteiger partial charge in [-0.3, -0.25) is 0 Å². The lowest BCUT2D eigenvalue weighted by atomic mass is 9.69. The molecule has 1 aliphatic carbocycles. The molecule has 2 unspecified atom stereocenters. The van der Waals surface area contributed by atoms with Crippen LogP contribution in [0.25, 0.3) is 10.8 Å². The monoisotopic (exact) mass is 450 g/mol. The van der Waals surface area contributed by atoms with Gasteiger partial charge in [-0.2, -0.15) is 0 Å². The number of rotatable bonds is 7. The zero-order chi connectivity index (χ0) is 24.4. The van der Waals surface area contributed by atoms with Crippen molar-refractivity contribution < 1.29 is 4.74 Å². The highest BCUT2D eigenvalue weighted by atomic mass is 16.5. The lowest BCUT2D eigenvalue weighted by Gasteiger charge is -2.36. The summed E-state index contributed by atoms with van der Waals surface area (Å²) in [5.74, 6) is 2.42. The van der Waals surface area contributed by atoms with Crippen molar-refractivity contribution >= 4 is 10.8 Å². The predicted octanol–water partition coefficient (Wildman–Crippen LogP) is 10.2. The highest BCUT2D eigenvalue weighted by Crippen LogP contribution is 2.44. The lowest BCUT2D eigenvalue weighted by Crippen LogP contribution is -2.26. The van der Waals surface area contributed by atoms with Gasteiger partial charge in [0.25, 0.3) is 0 Å². The summed E-state index contributed by atoms with van der Waals surface area (Å²) in [4.78, 5) is 0. The largest absolute Gasteiger partial charge is 0.490 e. The van der Waals surface area contributed by atoms with E-state index in [2.05, 4.69) is 98.7 Å². The summed E-state index contributed by atoms with van der Waals surface area (Å²) < 4.78 is 6.66. The Morgan fingerprint density at radius 2 is 1.33 bits per heavy atom. The summed E-state index contributed by atoms with van der Waals surface area (Å²) in [6, 6.07) is 13.8. The van der Waals surface area contributed by atoms with E-state index < -0.39 is 0 Å². The van der Waals surface area contributed by atoms with Crippen LogP contribution < -0.4 is 4.74 Å². The first-order chi connectivity index (χ1) is 15.2. The molecule has 1 heteroatoms. The first-order valence-corrected chi connectivity index (χ1v) is 13.4. The van der Waals surface area contributed by atoms with E-state index in [1.165, 1.54) is 54.9 Å². The maximum Gasteiger partial charge on any atom is 0.120 e. The molecule has 2 aromatic carbocycles. The minimum absolute atomic E-state index is 0.241. The maximum absolute atomic E-state index is 6.66.